The first-order valence-corrected chi connectivity index (χ1v) is 8.98. The van der Waals surface area contributed by atoms with Crippen LogP contribution in [0.2, 0.25) is 0 Å². The molecule has 0 aliphatic heterocycles. The highest BCUT2D eigenvalue weighted by Gasteiger charge is 2.16. The molecule has 0 aliphatic carbocycles. The largest absolute Gasteiger partial charge is 0.321 e. The molecule has 2 aromatic heterocycles. The van der Waals surface area contributed by atoms with Gasteiger partial charge in [0, 0.05) is 19.7 Å². The molecule has 2 aromatic carbocycles. The predicted octanol–water partition coefficient (Wildman–Crippen LogP) is 2.93. The zero-order valence-corrected chi connectivity index (χ0v) is 15.6. The number of benzene rings is 2. The molecule has 1 N–H and O–H groups in total. The van der Waals surface area contributed by atoms with Gasteiger partial charge in [-0.15, -0.1) is 0 Å². The van der Waals surface area contributed by atoms with Gasteiger partial charge in [-0.3, -0.25) is 18.8 Å². The van der Waals surface area contributed by atoms with E-state index in [4.69, 9.17) is 0 Å². The summed E-state index contributed by atoms with van der Waals surface area (Å²) in [6, 6.07) is 14.7. The second-order valence-electron chi connectivity index (χ2n) is 6.41. The monoisotopic (exact) mass is 373 g/mol. The molecule has 2 heterocycles. The zero-order chi connectivity index (χ0) is 19.7. The molecule has 7 nitrogen and oxygen atoms in total. The molecule has 0 unspecified atom stereocenters. The molecule has 0 fully saturated rings. The van der Waals surface area contributed by atoms with Gasteiger partial charge < -0.3 is 5.32 Å². The minimum atomic E-state index is -0.328. The van der Waals surface area contributed by atoms with Crippen LogP contribution in [-0.4, -0.2) is 25.2 Å². The smallest absolute Gasteiger partial charge is 0.268 e. The van der Waals surface area contributed by atoms with E-state index in [1.807, 2.05) is 37.3 Å². The summed E-state index contributed by atoms with van der Waals surface area (Å²) in [5.74, 6) is 0.338. The van der Waals surface area contributed by atoms with Crippen molar-refractivity contribution in [1.82, 2.24) is 19.3 Å². The van der Waals surface area contributed by atoms with E-state index in [2.05, 4.69) is 15.4 Å². The molecule has 0 aliphatic rings. The molecule has 0 radical (unpaired) electrons. The molecule has 0 saturated heterocycles. The van der Waals surface area contributed by atoms with Gasteiger partial charge in [-0.25, -0.2) is 4.98 Å². The Bertz CT molecular complexity index is 1220. The quantitative estimate of drug-likeness (QED) is 0.596. The van der Waals surface area contributed by atoms with Gasteiger partial charge in [-0.05, 0) is 24.3 Å². The van der Waals surface area contributed by atoms with Crippen molar-refractivity contribution in [3.05, 3.63) is 82.7 Å². The van der Waals surface area contributed by atoms with Crippen LogP contribution >= 0.6 is 0 Å². The van der Waals surface area contributed by atoms with Crippen LogP contribution in [0.5, 0.6) is 0 Å². The maximum atomic E-state index is 13.4. The lowest BCUT2D eigenvalue weighted by Gasteiger charge is -2.14. The number of nitrogens with one attached hydrogen (secondary N) is 1. The number of carbonyl (C=O) groups is 1. The summed E-state index contributed by atoms with van der Waals surface area (Å²) in [5.41, 5.74) is 1.93. The highest BCUT2D eigenvalue weighted by atomic mass is 16.2. The first-order valence-electron chi connectivity index (χ1n) is 8.98. The fourth-order valence-electron chi connectivity index (χ4n) is 3.19. The van der Waals surface area contributed by atoms with Crippen molar-refractivity contribution < 1.29 is 4.79 Å². The van der Waals surface area contributed by atoms with Crippen LogP contribution < -0.4 is 10.9 Å². The van der Waals surface area contributed by atoms with E-state index in [1.54, 1.807) is 40.7 Å². The van der Waals surface area contributed by atoms with Crippen molar-refractivity contribution in [1.29, 1.82) is 0 Å². The van der Waals surface area contributed by atoms with Crippen LogP contribution in [0.4, 0.5) is 5.69 Å². The van der Waals surface area contributed by atoms with Gasteiger partial charge in [-0.2, -0.15) is 5.10 Å². The van der Waals surface area contributed by atoms with Crippen LogP contribution in [-0.2, 0) is 13.5 Å². The number of aryl methyl sites for hydroxylation is 2. The summed E-state index contributed by atoms with van der Waals surface area (Å²) >= 11 is 0. The number of amides is 1. The number of hydrogen-bond acceptors (Lipinski definition) is 4. The second kappa shape index (κ2) is 7.11. The summed E-state index contributed by atoms with van der Waals surface area (Å²) in [7, 11) is 1.74. The minimum absolute atomic E-state index is 0.213. The Morgan fingerprint density at radius 2 is 1.89 bits per heavy atom. The van der Waals surface area contributed by atoms with Crippen molar-refractivity contribution in [3.8, 4) is 5.69 Å². The molecule has 0 saturated carbocycles. The normalized spacial score (nSPS) is 10.9. The fourth-order valence-corrected chi connectivity index (χ4v) is 3.19. The summed E-state index contributed by atoms with van der Waals surface area (Å²) in [4.78, 5) is 30.6. The molecule has 4 rings (SSSR count). The molecule has 0 bridgehead atoms. The van der Waals surface area contributed by atoms with Crippen LogP contribution in [0, 0.1) is 0 Å². The summed E-state index contributed by atoms with van der Waals surface area (Å²) in [5, 5.41) is 7.21. The fraction of sp³-hybridized carbons (Fsp3) is 0.143. The third-order valence-corrected chi connectivity index (χ3v) is 4.51. The number of para-hydroxylation sites is 1. The zero-order valence-electron chi connectivity index (χ0n) is 15.6. The van der Waals surface area contributed by atoms with Gasteiger partial charge in [0.05, 0.1) is 34.0 Å². The molecular formula is C21H19N5O2. The molecule has 28 heavy (non-hydrogen) atoms. The van der Waals surface area contributed by atoms with Crippen LogP contribution in [0.15, 0.2) is 65.7 Å². The first-order chi connectivity index (χ1) is 13.6. The van der Waals surface area contributed by atoms with Gasteiger partial charge in [0.15, 0.2) is 0 Å². The summed E-state index contributed by atoms with van der Waals surface area (Å²) in [6.45, 7) is 1.96. The van der Waals surface area contributed by atoms with E-state index in [1.165, 1.54) is 6.20 Å². The topological polar surface area (TPSA) is 81.8 Å². The van der Waals surface area contributed by atoms with Crippen LogP contribution in [0.1, 0.15) is 23.1 Å². The summed E-state index contributed by atoms with van der Waals surface area (Å²) in [6.07, 6.45) is 3.71. The molecule has 140 valence electrons. The van der Waals surface area contributed by atoms with E-state index >= 15 is 0 Å². The highest BCUT2D eigenvalue weighted by molar-refractivity contribution is 6.08. The Morgan fingerprint density at radius 1 is 1.11 bits per heavy atom. The maximum Gasteiger partial charge on any atom is 0.268 e. The van der Waals surface area contributed by atoms with Gasteiger partial charge >= 0.3 is 0 Å². The molecule has 7 heteroatoms. The van der Waals surface area contributed by atoms with Crippen LogP contribution in [0.3, 0.4) is 0 Å². The maximum absolute atomic E-state index is 13.4. The number of rotatable bonds is 4. The lowest BCUT2D eigenvalue weighted by atomic mass is 10.1. The van der Waals surface area contributed by atoms with Crippen molar-refractivity contribution in [2.24, 2.45) is 7.05 Å². The van der Waals surface area contributed by atoms with E-state index in [0.717, 1.165) is 5.69 Å². The number of carbonyl (C=O) groups excluding carboxylic acids is 1. The van der Waals surface area contributed by atoms with Gasteiger partial charge in [0.1, 0.15) is 5.82 Å². The molecule has 0 spiro atoms. The third-order valence-electron chi connectivity index (χ3n) is 4.51. The number of fused-ring (bicyclic) bond motifs is 1. The van der Waals surface area contributed by atoms with E-state index in [-0.39, 0.29) is 11.5 Å². The molecule has 1 amide bonds. The highest BCUT2D eigenvalue weighted by Crippen LogP contribution is 2.21. The average molecular weight is 373 g/mol. The predicted molar refractivity (Wildman–Crippen MR) is 108 cm³/mol. The lowest BCUT2D eigenvalue weighted by molar-refractivity contribution is 0.102. The Morgan fingerprint density at radius 3 is 2.57 bits per heavy atom. The van der Waals surface area contributed by atoms with Gasteiger partial charge in [0.2, 0.25) is 0 Å². The van der Waals surface area contributed by atoms with E-state index < -0.39 is 0 Å². The molecule has 4 aromatic rings. The lowest BCUT2D eigenvalue weighted by Crippen LogP contribution is -2.25. The number of nitrogens with zero attached hydrogens (tertiary/aromatic N) is 4. The summed E-state index contributed by atoms with van der Waals surface area (Å²) < 4.78 is 3.15. The second-order valence-corrected chi connectivity index (χ2v) is 6.41. The Hall–Kier alpha value is -3.74. The van der Waals surface area contributed by atoms with Gasteiger partial charge in [0.25, 0.3) is 11.5 Å². The SMILES string of the molecule is CCc1nc2cccc(NC(=O)c3cnn(C)c3)c2c(=O)n1-c1ccccc1. The van der Waals surface area contributed by atoms with Gasteiger partial charge in [-0.1, -0.05) is 31.2 Å². The van der Waals surface area contributed by atoms with Crippen molar-refractivity contribution >= 4 is 22.5 Å². The van der Waals surface area contributed by atoms with E-state index in [9.17, 15) is 9.59 Å². The number of hydrogen-bond donors (Lipinski definition) is 1. The number of anilines is 1. The Kier molecular flexibility index (Phi) is 4.49. The Labute approximate surface area is 161 Å². The first kappa shape index (κ1) is 17.7. The average Bonchev–Trinajstić information content (AvgIpc) is 3.15. The van der Waals surface area contributed by atoms with Crippen molar-refractivity contribution in [2.45, 2.75) is 13.3 Å². The Balaban J connectivity index is 1.89. The van der Waals surface area contributed by atoms with Crippen molar-refractivity contribution in [3.63, 3.8) is 0 Å². The minimum Gasteiger partial charge on any atom is -0.321 e. The number of aromatic nitrogens is 4. The standard InChI is InChI=1S/C21H19N5O2/c1-3-18-23-16-10-7-11-17(24-20(27)14-12-22-25(2)13-14)19(16)21(28)26(18)15-8-5-4-6-9-15/h4-13H,3H2,1-2H3,(H,24,27). The third kappa shape index (κ3) is 3.07. The molecular weight excluding hydrogens is 354 g/mol. The van der Waals surface area contributed by atoms with E-state index in [0.29, 0.717) is 34.4 Å². The van der Waals surface area contributed by atoms with Crippen molar-refractivity contribution in [2.75, 3.05) is 5.32 Å². The van der Waals surface area contributed by atoms with Crippen LogP contribution in [0.25, 0.3) is 16.6 Å². The molecule has 0 atom stereocenters.